The first-order valence-corrected chi connectivity index (χ1v) is 5.87. The summed E-state index contributed by atoms with van der Waals surface area (Å²) in [5.74, 6) is 0.204. The molecule has 0 saturated carbocycles. The van der Waals surface area contributed by atoms with E-state index in [0.29, 0.717) is 18.7 Å². The van der Waals surface area contributed by atoms with Crippen molar-refractivity contribution < 1.29 is 13.5 Å². The van der Waals surface area contributed by atoms with Crippen LogP contribution in [0.25, 0.3) is 0 Å². The summed E-state index contributed by atoms with van der Waals surface area (Å²) in [6, 6.07) is 8.65. The number of para-hydroxylation sites is 1. The molecule has 0 aliphatic rings. The maximum absolute atomic E-state index is 12.2. The van der Waals surface area contributed by atoms with Crippen molar-refractivity contribution in [2.75, 3.05) is 0 Å². The van der Waals surface area contributed by atoms with Gasteiger partial charge in [-0.3, -0.25) is 4.68 Å². The van der Waals surface area contributed by atoms with Crippen LogP contribution in [0, 0.1) is 0 Å². The Kier molecular flexibility index (Phi) is 4.46. The number of benzene rings is 1. The van der Waals surface area contributed by atoms with E-state index in [4.69, 9.17) is 0 Å². The number of hydrogen-bond donors (Lipinski definition) is 1. The van der Waals surface area contributed by atoms with Gasteiger partial charge in [-0.05, 0) is 12.1 Å². The Morgan fingerprint density at radius 1 is 1.26 bits per heavy atom. The molecule has 0 radical (unpaired) electrons. The van der Waals surface area contributed by atoms with E-state index in [0.717, 1.165) is 5.69 Å². The summed E-state index contributed by atoms with van der Waals surface area (Å²) in [7, 11) is 1.85. The molecule has 1 aromatic heterocycles. The Balaban J connectivity index is 1.94. The summed E-state index contributed by atoms with van der Waals surface area (Å²) < 4.78 is 30.7. The van der Waals surface area contributed by atoms with Gasteiger partial charge in [0, 0.05) is 31.9 Å². The van der Waals surface area contributed by atoms with E-state index in [2.05, 4.69) is 15.2 Å². The Bertz CT molecular complexity index is 528. The zero-order valence-corrected chi connectivity index (χ0v) is 10.5. The summed E-state index contributed by atoms with van der Waals surface area (Å²) in [4.78, 5) is 0. The van der Waals surface area contributed by atoms with Crippen molar-refractivity contribution in [1.82, 2.24) is 15.1 Å². The molecule has 19 heavy (non-hydrogen) atoms. The lowest BCUT2D eigenvalue weighted by Crippen LogP contribution is -2.16. The number of ether oxygens (including phenoxy) is 1. The maximum Gasteiger partial charge on any atom is 0.387 e. The van der Waals surface area contributed by atoms with Crippen LogP contribution >= 0.6 is 0 Å². The van der Waals surface area contributed by atoms with E-state index in [1.165, 1.54) is 6.07 Å². The molecule has 4 nitrogen and oxygen atoms in total. The minimum atomic E-state index is -2.81. The number of aryl methyl sites for hydroxylation is 1. The third kappa shape index (κ3) is 3.75. The van der Waals surface area contributed by atoms with Gasteiger partial charge in [0.25, 0.3) is 0 Å². The van der Waals surface area contributed by atoms with Gasteiger partial charge in [-0.1, -0.05) is 18.2 Å². The Labute approximate surface area is 110 Å². The lowest BCUT2D eigenvalue weighted by atomic mass is 10.2. The summed E-state index contributed by atoms with van der Waals surface area (Å²) in [5.41, 5.74) is 1.72. The first-order valence-electron chi connectivity index (χ1n) is 5.87. The highest BCUT2D eigenvalue weighted by atomic mass is 19.3. The molecule has 102 valence electrons. The van der Waals surface area contributed by atoms with Gasteiger partial charge in [-0.15, -0.1) is 0 Å². The first kappa shape index (κ1) is 13.5. The average Bonchev–Trinajstić information content (AvgIpc) is 2.77. The van der Waals surface area contributed by atoms with Crippen LogP contribution in [0.5, 0.6) is 5.75 Å². The van der Waals surface area contributed by atoms with Crippen molar-refractivity contribution in [2.24, 2.45) is 7.05 Å². The van der Waals surface area contributed by atoms with E-state index in [-0.39, 0.29) is 5.75 Å². The molecular weight excluding hydrogens is 252 g/mol. The number of halogens is 2. The third-order valence-electron chi connectivity index (χ3n) is 2.73. The van der Waals surface area contributed by atoms with Gasteiger partial charge in [0.2, 0.25) is 0 Å². The number of aromatic nitrogens is 2. The van der Waals surface area contributed by atoms with Gasteiger partial charge in [-0.2, -0.15) is 13.9 Å². The quantitative estimate of drug-likeness (QED) is 0.873. The molecule has 0 spiro atoms. The van der Waals surface area contributed by atoms with Gasteiger partial charge in [0.15, 0.2) is 0 Å². The zero-order chi connectivity index (χ0) is 13.7. The van der Waals surface area contributed by atoms with Crippen LogP contribution in [0.4, 0.5) is 8.78 Å². The highest BCUT2D eigenvalue weighted by molar-refractivity contribution is 5.33. The lowest BCUT2D eigenvalue weighted by Gasteiger charge is -2.11. The van der Waals surface area contributed by atoms with Gasteiger partial charge >= 0.3 is 6.61 Å². The van der Waals surface area contributed by atoms with Gasteiger partial charge in [-0.25, -0.2) is 0 Å². The van der Waals surface area contributed by atoms with Gasteiger partial charge in [0.05, 0.1) is 5.69 Å². The molecule has 2 aromatic rings. The number of nitrogens with zero attached hydrogens (tertiary/aromatic N) is 2. The molecule has 0 aliphatic carbocycles. The summed E-state index contributed by atoms with van der Waals surface area (Å²) in [6.45, 7) is -1.74. The van der Waals surface area contributed by atoms with Crippen molar-refractivity contribution >= 4 is 0 Å². The van der Waals surface area contributed by atoms with Crippen LogP contribution in [0.3, 0.4) is 0 Å². The minimum Gasteiger partial charge on any atom is -0.434 e. The fraction of sp³-hybridized carbons (Fsp3) is 0.308. The summed E-state index contributed by atoms with van der Waals surface area (Å²) in [5, 5.41) is 7.22. The molecule has 1 aromatic carbocycles. The monoisotopic (exact) mass is 267 g/mol. The minimum absolute atomic E-state index is 0.204. The van der Waals surface area contributed by atoms with Crippen molar-refractivity contribution in [3.8, 4) is 5.75 Å². The molecule has 0 fully saturated rings. The second-order valence-electron chi connectivity index (χ2n) is 4.04. The topological polar surface area (TPSA) is 39.1 Å². The van der Waals surface area contributed by atoms with Gasteiger partial charge < -0.3 is 10.1 Å². The van der Waals surface area contributed by atoms with Crippen LogP contribution in [0.1, 0.15) is 11.3 Å². The Hall–Kier alpha value is -1.95. The maximum atomic E-state index is 12.2. The molecule has 1 heterocycles. The standard InChI is InChI=1S/C13H15F2N3O/c1-18-11(6-7-17-18)9-16-8-10-4-2-3-5-12(10)19-13(14)15/h2-7,13,16H,8-9H2,1H3. The fourth-order valence-corrected chi connectivity index (χ4v) is 1.76. The predicted molar refractivity (Wildman–Crippen MR) is 66.8 cm³/mol. The molecule has 0 amide bonds. The average molecular weight is 267 g/mol. The molecule has 0 aliphatic heterocycles. The van der Waals surface area contributed by atoms with Gasteiger partial charge in [0.1, 0.15) is 5.75 Å². The van der Waals surface area contributed by atoms with Crippen LogP contribution in [-0.2, 0) is 20.1 Å². The largest absolute Gasteiger partial charge is 0.434 e. The van der Waals surface area contributed by atoms with Crippen molar-refractivity contribution in [1.29, 1.82) is 0 Å². The molecule has 2 rings (SSSR count). The predicted octanol–water partition coefficient (Wildman–Crippen LogP) is 2.31. The van der Waals surface area contributed by atoms with Crippen LogP contribution in [0.15, 0.2) is 36.5 Å². The molecule has 0 saturated heterocycles. The normalized spacial score (nSPS) is 10.9. The highest BCUT2D eigenvalue weighted by Crippen LogP contribution is 2.19. The second-order valence-corrected chi connectivity index (χ2v) is 4.04. The smallest absolute Gasteiger partial charge is 0.387 e. The SMILES string of the molecule is Cn1nccc1CNCc1ccccc1OC(F)F. The van der Waals surface area contributed by atoms with Crippen molar-refractivity contribution in [2.45, 2.75) is 19.7 Å². The molecule has 0 bridgehead atoms. The Morgan fingerprint density at radius 3 is 2.74 bits per heavy atom. The zero-order valence-electron chi connectivity index (χ0n) is 10.5. The fourth-order valence-electron chi connectivity index (χ4n) is 1.76. The number of rotatable bonds is 6. The van der Waals surface area contributed by atoms with Crippen LogP contribution in [-0.4, -0.2) is 16.4 Å². The van der Waals surface area contributed by atoms with Crippen LogP contribution in [0.2, 0.25) is 0 Å². The highest BCUT2D eigenvalue weighted by Gasteiger charge is 2.08. The number of nitrogens with one attached hydrogen (secondary N) is 1. The lowest BCUT2D eigenvalue weighted by molar-refractivity contribution is -0.0505. The molecule has 0 unspecified atom stereocenters. The molecular formula is C13H15F2N3O. The molecule has 6 heteroatoms. The van der Waals surface area contributed by atoms with E-state index >= 15 is 0 Å². The van der Waals surface area contributed by atoms with Crippen molar-refractivity contribution in [3.63, 3.8) is 0 Å². The van der Waals surface area contributed by atoms with Crippen LogP contribution < -0.4 is 10.1 Å². The van der Waals surface area contributed by atoms with E-state index < -0.39 is 6.61 Å². The summed E-state index contributed by atoms with van der Waals surface area (Å²) in [6.07, 6.45) is 1.71. The molecule has 1 N–H and O–H groups in total. The van der Waals surface area contributed by atoms with Crippen molar-refractivity contribution in [3.05, 3.63) is 47.8 Å². The number of alkyl halides is 2. The van der Waals surface area contributed by atoms with E-state index in [1.54, 1.807) is 29.1 Å². The first-order chi connectivity index (χ1) is 9.16. The third-order valence-corrected chi connectivity index (χ3v) is 2.73. The van der Waals surface area contributed by atoms with E-state index in [1.807, 2.05) is 13.1 Å². The number of hydrogen-bond acceptors (Lipinski definition) is 3. The molecule has 0 atom stereocenters. The summed E-state index contributed by atoms with van der Waals surface area (Å²) >= 11 is 0. The Morgan fingerprint density at radius 2 is 2.05 bits per heavy atom. The second kappa shape index (κ2) is 6.29. The van der Waals surface area contributed by atoms with E-state index in [9.17, 15) is 8.78 Å².